The second-order valence-corrected chi connectivity index (χ2v) is 9.59. The fourth-order valence-corrected chi connectivity index (χ4v) is 5.52. The van der Waals surface area contributed by atoms with E-state index in [1.165, 1.54) is 50.1 Å². The molecule has 3 fully saturated rings. The van der Waals surface area contributed by atoms with Gasteiger partial charge in [-0.1, -0.05) is 0 Å². The lowest BCUT2D eigenvalue weighted by Crippen LogP contribution is -2.44. The first-order valence-electron chi connectivity index (χ1n) is 10.5. The maximum atomic E-state index is 12.6. The quantitative estimate of drug-likeness (QED) is 0.784. The summed E-state index contributed by atoms with van der Waals surface area (Å²) in [7, 11) is 1.84. The van der Waals surface area contributed by atoms with Gasteiger partial charge in [-0.3, -0.25) is 9.48 Å². The lowest BCUT2D eigenvalue weighted by molar-refractivity contribution is 0.102. The molecule has 2 N–H and O–H groups in total. The van der Waals surface area contributed by atoms with Gasteiger partial charge in [0.25, 0.3) is 5.91 Å². The minimum absolute atomic E-state index is 0.0527. The molecule has 2 aromatic heterocycles. The molecular weight excluding hydrogens is 370 g/mol. The second-order valence-electron chi connectivity index (χ2n) is 8.64. The first-order valence-corrected chi connectivity index (χ1v) is 11.4. The number of hydrogen-bond donors (Lipinski definition) is 2. The molecule has 7 heteroatoms. The Kier molecular flexibility index (Phi) is 4.77. The number of piperidine rings is 1. The van der Waals surface area contributed by atoms with Crippen molar-refractivity contribution in [3.8, 4) is 0 Å². The molecule has 1 saturated heterocycles. The van der Waals surface area contributed by atoms with Crippen LogP contribution in [0, 0.1) is 6.92 Å². The highest BCUT2D eigenvalue weighted by Crippen LogP contribution is 2.44. The van der Waals surface area contributed by atoms with Crippen LogP contribution in [-0.4, -0.2) is 51.8 Å². The lowest BCUT2D eigenvalue weighted by Gasteiger charge is -2.32. The Labute approximate surface area is 170 Å². The molecule has 2 atom stereocenters. The summed E-state index contributed by atoms with van der Waals surface area (Å²) < 4.78 is 1.70. The van der Waals surface area contributed by atoms with Crippen molar-refractivity contribution < 1.29 is 4.79 Å². The van der Waals surface area contributed by atoms with Crippen LogP contribution in [0.25, 0.3) is 0 Å². The highest BCUT2D eigenvalue weighted by atomic mass is 32.1. The standard InChI is InChI=1S/C21H29N5OS/c1-13-9-20(25(2)24-13)23-21(27)14-10-19(28-12-14)17-11-18(17)22-15-5-7-26(8-6-15)16-3-4-16/h9-10,12,15-18,22H,3-8,11H2,1-2H3,(H,23,27). The van der Waals surface area contributed by atoms with Crippen LogP contribution < -0.4 is 10.6 Å². The predicted octanol–water partition coefficient (Wildman–Crippen LogP) is 3.11. The van der Waals surface area contributed by atoms with Gasteiger partial charge in [0.05, 0.1) is 11.3 Å². The summed E-state index contributed by atoms with van der Waals surface area (Å²) in [6.45, 7) is 4.45. The monoisotopic (exact) mass is 399 g/mol. The minimum atomic E-state index is -0.0527. The fraction of sp³-hybridized carbons (Fsp3) is 0.619. The number of nitrogens with one attached hydrogen (secondary N) is 2. The number of aryl methyl sites for hydroxylation is 2. The van der Waals surface area contributed by atoms with Crippen molar-refractivity contribution in [1.82, 2.24) is 20.0 Å². The van der Waals surface area contributed by atoms with Crippen molar-refractivity contribution in [1.29, 1.82) is 0 Å². The van der Waals surface area contributed by atoms with Crippen LogP contribution in [0.4, 0.5) is 5.82 Å². The number of aromatic nitrogens is 2. The summed E-state index contributed by atoms with van der Waals surface area (Å²) >= 11 is 1.72. The number of carbonyl (C=O) groups excluding carboxylic acids is 1. The van der Waals surface area contributed by atoms with Crippen molar-refractivity contribution in [2.75, 3.05) is 18.4 Å². The van der Waals surface area contributed by atoms with E-state index in [2.05, 4.69) is 26.7 Å². The molecule has 3 aliphatic rings. The maximum absolute atomic E-state index is 12.6. The molecule has 6 nitrogen and oxygen atoms in total. The molecule has 1 amide bonds. The number of hydrogen-bond acceptors (Lipinski definition) is 5. The molecule has 2 aromatic rings. The van der Waals surface area contributed by atoms with Crippen LogP contribution in [0.15, 0.2) is 17.5 Å². The third-order valence-corrected chi connectivity index (χ3v) is 7.39. The molecule has 0 spiro atoms. The number of amides is 1. The lowest BCUT2D eigenvalue weighted by atomic mass is 10.0. The van der Waals surface area contributed by atoms with Crippen LogP contribution in [0.5, 0.6) is 0 Å². The van der Waals surface area contributed by atoms with E-state index in [4.69, 9.17) is 0 Å². The van der Waals surface area contributed by atoms with Crippen LogP contribution in [0.1, 0.15) is 59.0 Å². The number of thiophene rings is 1. The van der Waals surface area contributed by atoms with E-state index in [0.29, 0.717) is 18.0 Å². The Hall–Kier alpha value is -1.70. The van der Waals surface area contributed by atoms with Crippen LogP contribution in [-0.2, 0) is 7.05 Å². The molecule has 2 unspecified atom stereocenters. The fourth-order valence-electron chi connectivity index (χ4n) is 4.45. The van der Waals surface area contributed by atoms with E-state index in [1.54, 1.807) is 16.0 Å². The van der Waals surface area contributed by atoms with Crippen molar-refractivity contribution >= 4 is 23.1 Å². The van der Waals surface area contributed by atoms with E-state index in [1.807, 2.05) is 25.4 Å². The normalized spacial score (nSPS) is 25.8. The average molecular weight is 400 g/mol. The highest BCUT2D eigenvalue weighted by Gasteiger charge is 2.41. The zero-order valence-electron chi connectivity index (χ0n) is 16.6. The Morgan fingerprint density at radius 1 is 1.21 bits per heavy atom. The number of rotatable bonds is 6. The molecule has 5 rings (SSSR count). The number of nitrogens with zero attached hydrogens (tertiary/aromatic N) is 3. The molecule has 2 saturated carbocycles. The van der Waals surface area contributed by atoms with Gasteiger partial charge in [-0.05, 0) is 58.2 Å². The maximum Gasteiger partial charge on any atom is 0.257 e. The summed E-state index contributed by atoms with van der Waals surface area (Å²) in [5.74, 6) is 1.26. The van der Waals surface area contributed by atoms with Crippen LogP contribution in [0.3, 0.4) is 0 Å². The van der Waals surface area contributed by atoms with Gasteiger partial charge in [-0.25, -0.2) is 0 Å². The van der Waals surface area contributed by atoms with Gasteiger partial charge in [0, 0.05) is 47.4 Å². The summed E-state index contributed by atoms with van der Waals surface area (Å²) in [6.07, 6.45) is 6.59. The molecule has 1 aliphatic heterocycles. The van der Waals surface area contributed by atoms with E-state index in [9.17, 15) is 4.79 Å². The predicted molar refractivity (Wildman–Crippen MR) is 112 cm³/mol. The molecule has 0 bridgehead atoms. The van der Waals surface area contributed by atoms with Gasteiger partial charge in [0.15, 0.2) is 0 Å². The Morgan fingerprint density at radius 3 is 2.68 bits per heavy atom. The molecular formula is C21H29N5OS. The third kappa shape index (κ3) is 3.88. The molecule has 2 aliphatic carbocycles. The van der Waals surface area contributed by atoms with Crippen LogP contribution >= 0.6 is 11.3 Å². The largest absolute Gasteiger partial charge is 0.310 e. The van der Waals surface area contributed by atoms with Gasteiger partial charge in [0.2, 0.25) is 0 Å². The van der Waals surface area contributed by atoms with Crippen molar-refractivity contribution in [3.63, 3.8) is 0 Å². The minimum Gasteiger partial charge on any atom is -0.310 e. The molecule has 0 radical (unpaired) electrons. The first-order chi connectivity index (χ1) is 13.6. The Balaban J connectivity index is 1.13. The summed E-state index contributed by atoms with van der Waals surface area (Å²) in [5, 5.41) is 13.1. The summed E-state index contributed by atoms with van der Waals surface area (Å²) in [6, 6.07) is 6.12. The van der Waals surface area contributed by atoms with Crippen molar-refractivity contribution in [3.05, 3.63) is 33.6 Å². The number of carbonyl (C=O) groups is 1. The van der Waals surface area contributed by atoms with Gasteiger partial charge >= 0.3 is 0 Å². The van der Waals surface area contributed by atoms with Crippen molar-refractivity contribution in [2.45, 2.75) is 63.1 Å². The second kappa shape index (κ2) is 7.28. The number of anilines is 1. The van der Waals surface area contributed by atoms with E-state index in [-0.39, 0.29) is 5.91 Å². The molecule has 0 aromatic carbocycles. The Morgan fingerprint density at radius 2 is 2.00 bits per heavy atom. The SMILES string of the molecule is Cc1cc(NC(=O)c2csc(C3CC3NC3CCN(C4CC4)CC3)c2)n(C)n1. The smallest absolute Gasteiger partial charge is 0.257 e. The van der Waals surface area contributed by atoms with Gasteiger partial charge in [0.1, 0.15) is 5.82 Å². The zero-order valence-corrected chi connectivity index (χ0v) is 17.5. The molecule has 28 heavy (non-hydrogen) atoms. The number of likely N-dealkylation sites (tertiary alicyclic amines) is 1. The average Bonchev–Trinajstić information content (AvgIpc) is 3.58. The summed E-state index contributed by atoms with van der Waals surface area (Å²) in [4.78, 5) is 16.6. The van der Waals surface area contributed by atoms with Crippen molar-refractivity contribution in [2.24, 2.45) is 7.05 Å². The van der Waals surface area contributed by atoms with E-state index < -0.39 is 0 Å². The van der Waals surface area contributed by atoms with E-state index >= 15 is 0 Å². The van der Waals surface area contributed by atoms with Gasteiger partial charge in [-0.2, -0.15) is 5.10 Å². The van der Waals surface area contributed by atoms with Gasteiger partial charge < -0.3 is 15.5 Å². The zero-order chi connectivity index (χ0) is 19.3. The van der Waals surface area contributed by atoms with Gasteiger partial charge in [-0.15, -0.1) is 11.3 Å². The molecule has 3 heterocycles. The highest BCUT2D eigenvalue weighted by molar-refractivity contribution is 7.10. The third-order valence-electron chi connectivity index (χ3n) is 6.32. The molecule has 150 valence electrons. The summed E-state index contributed by atoms with van der Waals surface area (Å²) in [5.41, 5.74) is 1.65. The first kappa shape index (κ1) is 18.3. The Bertz CT molecular complexity index is 862. The topological polar surface area (TPSA) is 62.2 Å². The van der Waals surface area contributed by atoms with E-state index in [0.717, 1.165) is 23.1 Å². The van der Waals surface area contributed by atoms with Crippen LogP contribution in [0.2, 0.25) is 0 Å².